The highest BCUT2D eigenvalue weighted by Crippen LogP contribution is 2.53. The molecule has 0 atom stereocenters. The van der Waals surface area contributed by atoms with Crippen LogP contribution in [0.25, 0.3) is 44.2 Å². The fourth-order valence-electron chi connectivity index (χ4n) is 5.36. The number of halogens is 1. The molecular weight excluding hydrogens is 444 g/mol. The van der Waals surface area contributed by atoms with Gasteiger partial charge in [0, 0.05) is 21.2 Å². The van der Waals surface area contributed by atoms with Crippen LogP contribution >= 0.6 is 11.6 Å². The van der Waals surface area contributed by atoms with Crippen LogP contribution in [0.15, 0.2) is 77.2 Å². The average molecular weight is 467 g/mol. The van der Waals surface area contributed by atoms with E-state index in [1.807, 2.05) is 24.3 Å². The van der Waals surface area contributed by atoms with E-state index in [2.05, 4.69) is 56.3 Å². The number of carbonyl (C=O) groups is 1. The Morgan fingerprint density at radius 2 is 1.71 bits per heavy atom. The van der Waals surface area contributed by atoms with Crippen molar-refractivity contribution in [2.45, 2.75) is 26.2 Å². The van der Waals surface area contributed by atoms with Crippen LogP contribution in [0.5, 0.6) is 0 Å². The fraction of sp³-hybridized carbons (Fsp3) is 0.167. The highest BCUT2D eigenvalue weighted by molar-refractivity contribution is 6.31. The zero-order valence-electron chi connectivity index (χ0n) is 19.2. The van der Waals surface area contributed by atoms with E-state index >= 15 is 0 Å². The molecule has 0 unspecified atom stereocenters. The minimum Gasteiger partial charge on any atom is -0.462 e. The van der Waals surface area contributed by atoms with Crippen molar-refractivity contribution in [2.75, 3.05) is 6.61 Å². The lowest BCUT2D eigenvalue weighted by atomic mass is 9.81. The van der Waals surface area contributed by atoms with Gasteiger partial charge < -0.3 is 9.15 Å². The summed E-state index contributed by atoms with van der Waals surface area (Å²) in [5.74, 6) is -0.366. The molecule has 6 rings (SSSR count). The SMILES string of the molecule is CCOC(=O)c1cc(Cl)ccc1-c1ccc2c(c1)C(C)(C)c1ccc3oc4ccccc4c3c1-2. The van der Waals surface area contributed by atoms with E-state index in [-0.39, 0.29) is 11.4 Å². The molecule has 5 aromatic rings. The topological polar surface area (TPSA) is 39.4 Å². The van der Waals surface area contributed by atoms with Crippen molar-refractivity contribution in [1.29, 1.82) is 0 Å². The Labute approximate surface area is 202 Å². The van der Waals surface area contributed by atoms with E-state index in [1.54, 1.807) is 13.0 Å². The summed E-state index contributed by atoms with van der Waals surface area (Å²) in [7, 11) is 0. The number of ether oxygens (including phenoxy) is 1. The Hall–Kier alpha value is -3.56. The zero-order chi connectivity index (χ0) is 23.6. The molecule has 1 heterocycles. The fourth-order valence-corrected chi connectivity index (χ4v) is 5.53. The van der Waals surface area contributed by atoms with Crippen LogP contribution in [0.1, 0.15) is 42.3 Å². The smallest absolute Gasteiger partial charge is 0.338 e. The Morgan fingerprint density at radius 3 is 2.53 bits per heavy atom. The monoisotopic (exact) mass is 466 g/mol. The van der Waals surface area contributed by atoms with Gasteiger partial charge in [-0.1, -0.05) is 67.9 Å². The van der Waals surface area contributed by atoms with Crippen LogP contribution in [-0.2, 0) is 10.2 Å². The molecule has 0 radical (unpaired) electrons. The summed E-state index contributed by atoms with van der Waals surface area (Å²) >= 11 is 6.22. The molecule has 3 nitrogen and oxygen atoms in total. The maximum absolute atomic E-state index is 12.7. The number of carbonyl (C=O) groups excluding carboxylic acids is 1. The van der Waals surface area contributed by atoms with Crippen molar-refractivity contribution in [2.24, 2.45) is 0 Å². The van der Waals surface area contributed by atoms with E-state index in [4.69, 9.17) is 20.8 Å². The van der Waals surface area contributed by atoms with Gasteiger partial charge in [-0.05, 0) is 70.6 Å². The Morgan fingerprint density at radius 1 is 0.912 bits per heavy atom. The molecular formula is C30H23ClO3. The molecule has 1 aromatic heterocycles. The van der Waals surface area contributed by atoms with E-state index in [9.17, 15) is 4.79 Å². The minimum absolute atomic E-state index is 0.205. The first-order valence-corrected chi connectivity index (χ1v) is 11.8. The van der Waals surface area contributed by atoms with Gasteiger partial charge in [0.15, 0.2) is 0 Å². The number of benzene rings is 4. The van der Waals surface area contributed by atoms with Gasteiger partial charge in [0.2, 0.25) is 0 Å². The summed E-state index contributed by atoms with van der Waals surface area (Å²) in [6, 6.07) is 24.3. The third-order valence-electron chi connectivity index (χ3n) is 6.97. The molecule has 168 valence electrons. The van der Waals surface area contributed by atoms with Crippen LogP contribution in [0.2, 0.25) is 5.02 Å². The quantitative estimate of drug-likeness (QED) is 0.250. The molecule has 1 aliphatic rings. The van der Waals surface area contributed by atoms with Crippen LogP contribution in [0.3, 0.4) is 0 Å². The highest BCUT2D eigenvalue weighted by Gasteiger charge is 2.37. The third kappa shape index (κ3) is 2.93. The molecule has 0 aliphatic heterocycles. The number of rotatable bonds is 3. The standard InChI is InChI=1S/C30H23ClO3/c1-4-33-29(32)22-16-18(31)10-12-19(22)17-9-11-20-24(15-17)30(2,3)23-13-14-26-28(27(20)23)21-7-5-6-8-25(21)34-26/h5-16H,4H2,1-3H3. The molecule has 34 heavy (non-hydrogen) atoms. The van der Waals surface area contributed by atoms with E-state index < -0.39 is 0 Å². The maximum Gasteiger partial charge on any atom is 0.338 e. The van der Waals surface area contributed by atoms with Gasteiger partial charge in [0.1, 0.15) is 11.2 Å². The van der Waals surface area contributed by atoms with E-state index in [0.717, 1.165) is 33.1 Å². The second-order valence-electron chi connectivity index (χ2n) is 9.26. The number of esters is 1. The van der Waals surface area contributed by atoms with Gasteiger partial charge in [-0.25, -0.2) is 4.79 Å². The molecule has 1 aliphatic carbocycles. The number of hydrogen-bond acceptors (Lipinski definition) is 3. The molecule has 4 heteroatoms. The third-order valence-corrected chi connectivity index (χ3v) is 7.20. The second kappa shape index (κ2) is 7.48. The molecule has 0 N–H and O–H groups in total. The maximum atomic E-state index is 12.7. The average Bonchev–Trinajstić information content (AvgIpc) is 3.32. The summed E-state index contributed by atoms with van der Waals surface area (Å²) < 4.78 is 11.5. The molecule has 4 aromatic carbocycles. The van der Waals surface area contributed by atoms with E-state index in [1.165, 1.54) is 22.3 Å². The van der Waals surface area contributed by atoms with Crippen LogP contribution < -0.4 is 0 Å². The van der Waals surface area contributed by atoms with Gasteiger partial charge >= 0.3 is 5.97 Å². The molecule has 0 saturated heterocycles. The summed E-state index contributed by atoms with van der Waals surface area (Å²) in [6.07, 6.45) is 0. The predicted molar refractivity (Wildman–Crippen MR) is 138 cm³/mol. The Bertz CT molecular complexity index is 1620. The van der Waals surface area contributed by atoms with Gasteiger partial charge in [-0.3, -0.25) is 0 Å². The molecule has 0 fully saturated rings. The van der Waals surface area contributed by atoms with Crippen LogP contribution in [0.4, 0.5) is 0 Å². The lowest BCUT2D eigenvalue weighted by molar-refractivity contribution is 0.0527. The van der Waals surface area contributed by atoms with Crippen molar-refractivity contribution >= 4 is 39.5 Å². The summed E-state index contributed by atoms with van der Waals surface area (Å²) in [4.78, 5) is 12.7. The number of hydrogen-bond donors (Lipinski definition) is 0. The summed E-state index contributed by atoms with van der Waals surface area (Å²) in [5.41, 5.74) is 8.79. The number of fused-ring (bicyclic) bond motifs is 7. The van der Waals surface area contributed by atoms with Gasteiger partial charge in [-0.2, -0.15) is 0 Å². The molecule has 0 amide bonds. The van der Waals surface area contributed by atoms with Crippen molar-refractivity contribution in [1.82, 2.24) is 0 Å². The van der Waals surface area contributed by atoms with Crippen molar-refractivity contribution in [3.05, 3.63) is 94.5 Å². The Kier molecular flexibility index (Phi) is 4.62. The van der Waals surface area contributed by atoms with Gasteiger partial charge in [0.25, 0.3) is 0 Å². The first kappa shape index (κ1) is 21.0. The Balaban J connectivity index is 1.59. The van der Waals surface area contributed by atoms with Gasteiger partial charge in [0.05, 0.1) is 12.2 Å². The molecule has 0 saturated carbocycles. The first-order valence-electron chi connectivity index (χ1n) is 11.5. The molecule has 0 spiro atoms. The second-order valence-corrected chi connectivity index (χ2v) is 9.69. The van der Waals surface area contributed by atoms with Crippen LogP contribution in [-0.4, -0.2) is 12.6 Å². The molecule has 0 bridgehead atoms. The minimum atomic E-state index is -0.366. The predicted octanol–water partition coefficient (Wildman–Crippen LogP) is 8.39. The van der Waals surface area contributed by atoms with Gasteiger partial charge in [-0.15, -0.1) is 0 Å². The van der Waals surface area contributed by atoms with E-state index in [0.29, 0.717) is 17.2 Å². The highest BCUT2D eigenvalue weighted by atomic mass is 35.5. The van der Waals surface area contributed by atoms with Crippen LogP contribution in [0, 0.1) is 0 Å². The summed E-state index contributed by atoms with van der Waals surface area (Å²) in [6.45, 7) is 6.62. The largest absolute Gasteiger partial charge is 0.462 e. The van der Waals surface area contributed by atoms with Crippen molar-refractivity contribution in [3.63, 3.8) is 0 Å². The normalized spacial score (nSPS) is 13.8. The lowest BCUT2D eigenvalue weighted by Gasteiger charge is -2.22. The van der Waals surface area contributed by atoms with Crippen molar-refractivity contribution in [3.8, 4) is 22.3 Å². The number of para-hydroxylation sites is 1. The number of furan rings is 1. The lowest BCUT2D eigenvalue weighted by Crippen LogP contribution is -2.15. The van der Waals surface area contributed by atoms with Crippen molar-refractivity contribution < 1.29 is 13.9 Å². The summed E-state index contributed by atoms with van der Waals surface area (Å²) in [5, 5.41) is 2.80. The zero-order valence-corrected chi connectivity index (χ0v) is 20.0. The first-order chi connectivity index (χ1) is 16.4.